The van der Waals surface area contributed by atoms with Crippen LogP contribution in [0.3, 0.4) is 0 Å². The zero-order chi connectivity index (χ0) is 66.9. The van der Waals surface area contributed by atoms with Crippen LogP contribution in [0.5, 0.6) is 0 Å². The van der Waals surface area contributed by atoms with Crippen molar-refractivity contribution in [1.29, 1.82) is 0 Å². The number of esters is 2. The molecule has 8 heterocycles. The molecule has 1 aliphatic rings. The first-order chi connectivity index (χ1) is 41.0. The molecular formula is C57H77BBr8ClCuILiN6O8S4. The van der Waals surface area contributed by atoms with Crippen molar-refractivity contribution in [3.8, 4) is 0 Å². The molecule has 1 saturated heterocycles. The minimum absolute atomic E-state index is 0. The van der Waals surface area contributed by atoms with Gasteiger partial charge in [0.05, 0.1) is 32.7 Å². The first kappa shape index (κ1) is 92.9. The molecule has 0 aromatic carbocycles. The normalized spacial score (nSPS) is 11.7. The number of hydrogen-bond donors (Lipinski definition) is 1. The summed E-state index contributed by atoms with van der Waals surface area (Å²) < 4.78 is 31.2. The third kappa shape index (κ3) is 40.3. The fourth-order valence-electron chi connectivity index (χ4n) is 5.88. The van der Waals surface area contributed by atoms with E-state index in [1.54, 1.807) is 57.3 Å². The van der Waals surface area contributed by atoms with Gasteiger partial charge in [-0.3, -0.25) is 24.1 Å². The minimum atomic E-state index is -1.08. The van der Waals surface area contributed by atoms with E-state index in [2.05, 4.69) is 292 Å². The molecule has 0 amide bonds. The maximum absolute atomic E-state index is 11.4. The van der Waals surface area contributed by atoms with Crippen LogP contribution >= 0.6 is 205 Å². The number of halogens is 10. The van der Waals surface area contributed by atoms with Gasteiger partial charge in [-0.25, -0.2) is 9.59 Å². The molecule has 1 N–H and O–H groups in total. The van der Waals surface area contributed by atoms with E-state index in [1.165, 1.54) is 89.9 Å². The maximum atomic E-state index is 11.4. The van der Waals surface area contributed by atoms with Gasteiger partial charge in [0.15, 0.2) is 0 Å². The standard InChI is InChI=1S/C13H21BO2S.C8H9BrN2O3.2C7H9BrS.C7H10S.C4H4Br2N2.C4H5ClO3.C4H9.C3HBr3N2.Cu.HI.Li/c1-6-7-11-8-10(9-17-11)14-15-12(2,3)13(4,5)16-14;1-3-14-8(13)7(12)5-4-6(9)10-11(5)2;1-2-3-7-4-6(8)5-9-7;1-2-3-6-4-5-7(8)9-6;1-2-4-7-5-3-6-8-7;1-8-4(6)2-3(5)7-8;1-2-8-4(7)3(5)6;1-3-4-2;4-1-2(5)7-8-3(1)6;;;/h8-9H,6-7H2,1-5H3;4H,3H2,1-2H3;2*4-5H,2-3H2,1H3;3,5-6H,2,4H2,1H3;2H,1H3;2H2,1H3;1,3-4H2,2H3;(H,7,8);;1H;/q;;;;;;;-1;;+1;;+1/p-1. The summed E-state index contributed by atoms with van der Waals surface area (Å²) >= 11 is 44.0. The number of ketones is 1. The first-order valence-corrected chi connectivity index (χ1v) is 40.2. The number of nitrogens with one attached hydrogen (secondary N) is 1. The number of H-pyrrole nitrogens is 1. The number of nitrogens with zero attached hydrogens (tertiary/aromatic N) is 5. The quantitative estimate of drug-likeness (QED) is 0.0197. The molecule has 31 heteroatoms. The summed E-state index contributed by atoms with van der Waals surface area (Å²) in [6.07, 6.45) is 12.0. The second-order valence-corrected chi connectivity index (χ2v) is 30.0. The molecular weight excluding hydrogens is 1910 g/mol. The van der Waals surface area contributed by atoms with Gasteiger partial charge in [0.1, 0.15) is 28.7 Å². The number of ether oxygens (including phenoxy) is 2. The predicted molar refractivity (Wildman–Crippen MR) is 398 cm³/mol. The second kappa shape index (κ2) is 53.8. The van der Waals surface area contributed by atoms with E-state index in [0.29, 0.717) is 4.60 Å². The Morgan fingerprint density at radius 1 is 0.682 bits per heavy atom. The van der Waals surface area contributed by atoms with Gasteiger partial charge in [0.2, 0.25) is 0 Å². The van der Waals surface area contributed by atoms with Crippen molar-refractivity contribution in [2.24, 2.45) is 14.1 Å². The summed E-state index contributed by atoms with van der Waals surface area (Å²) in [6.45, 7) is 26.5. The van der Waals surface area contributed by atoms with Crippen LogP contribution in [-0.4, -0.2) is 84.3 Å². The van der Waals surface area contributed by atoms with Gasteiger partial charge < -0.3 is 25.7 Å². The molecule has 8 rings (SSSR count). The summed E-state index contributed by atoms with van der Waals surface area (Å²) in [5.74, 6) is -2.54. The van der Waals surface area contributed by atoms with E-state index < -0.39 is 23.0 Å². The third-order valence-corrected chi connectivity index (χ3v) is 20.8. The number of aromatic nitrogens is 6. The van der Waals surface area contributed by atoms with Crippen LogP contribution in [0.25, 0.3) is 0 Å². The van der Waals surface area contributed by atoms with E-state index in [4.69, 9.17) is 20.9 Å². The number of aryl methyl sites for hydroxylation is 6. The Kier molecular flexibility index (Phi) is 56.7. The molecule has 1 aliphatic heterocycles. The molecule has 14 nitrogen and oxygen atoms in total. The minimum Gasteiger partial charge on any atom is 1.00 e. The Bertz CT molecular complexity index is 2890. The number of Topliss-reactive ketones (excluding diaryl/α,β-unsaturated/α-hetero) is 1. The summed E-state index contributed by atoms with van der Waals surface area (Å²) in [5, 5.41) is 19.7. The van der Waals surface area contributed by atoms with Crippen molar-refractivity contribution in [2.45, 2.75) is 152 Å². The van der Waals surface area contributed by atoms with Crippen LogP contribution in [0.4, 0.5) is 0 Å². The van der Waals surface area contributed by atoms with E-state index in [-0.39, 0.29) is 56.1 Å². The molecule has 0 aliphatic carbocycles. The van der Waals surface area contributed by atoms with E-state index >= 15 is 0 Å². The molecule has 0 saturated carbocycles. The zero-order valence-electron chi connectivity index (χ0n) is 51.8. The zero-order valence-corrected chi connectivity index (χ0v) is 71.6. The molecule has 7 aromatic heterocycles. The van der Waals surface area contributed by atoms with Gasteiger partial charge in [-0.05, 0) is 253 Å². The summed E-state index contributed by atoms with van der Waals surface area (Å²) in [7, 11) is 3.24. The Balaban J connectivity index is -0.000000940. The third-order valence-electron chi connectivity index (χ3n) is 10.8. The van der Waals surface area contributed by atoms with Crippen molar-refractivity contribution in [3.05, 3.63) is 133 Å². The number of aromatic amines is 1. The Hall–Kier alpha value is 0.672. The number of carbonyl (C=O) groups is 4. The van der Waals surface area contributed by atoms with E-state index in [0.717, 1.165) is 41.2 Å². The van der Waals surface area contributed by atoms with Crippen LogP contribution in [0, 0.1) is 6.92 Å². The average molecular weight is 1990 g/mol. The maximum Gasteiger partial charge on any atom is 1.00 e. The van der Waals surface area contributed by atoms with Gasteiger partial charge in [-0.15, -0.1) is 45.3 Å². The molecule has 0 spiro atoms. The molecule has 492 valence electrons. The smallest absolute Gasteiger partial charge is 1.00 e. The van der Waals surface area contributed by atoms with Gasteiger partial charge in [0.25, 0.3) is 5.78 Å². The Labute approximate surface area is 642 Å². The van der Waals surface area contributed by atoms with Gasteiger partial charge in [0, 0.05) is 55.6 Å². The van der Waals surface area contributed by atoms with Crippen molar-refractivity contribution in [2.75, 3.05) is 13.2 Å². The van der Waals surface area contributed by atoms with Crippen molar-refractivity contribution < 1.29 is 69.6 Å². The number of rotatable bonds is 15. The van der Waals surface area contributed by atoms with Crippen LogP contribution in [0.15, 0.2) is 100 Å². The summed E-state index contributed by atoms with van der Waals surface area (Å²) in [5.41, 5.74) is 0.877. The number of thiophene rings is 4. The molecule has 1 fully saturated rings. The number of hydrogen-bond acceptors (Lipinski definition) is 15. The SMILES string of the molecule is Brc1n[nH]c(Br)c1Br.CCCc1cc(B2OC(C)(C)C(C)(C)O2)cs1.CCCc1cc(Br)cs1.CCCc1ccc(Br)s1.CCCc1cccs1.CCOC(=O)C(=O)Cl.CCOC(=O)C(=O)c1cc(Br)nn1C.Cn1nc(Br)cc1Br.[CH2-]CCC.[Cu][I].[Li+]. The molecule has 7 aromatic rings. The van der Waals surface area contributed by atoms with E-state index in [9.17, 15) is 19.2 Å². The van der Waals surface area contributed by atoms with Gasteiger partial charge in [-0.1, -0.05) is 72.8 Å². The van der Waals surface area contributed by atoms with Crippen molar-refractivity contribution in [3.63, 3.8) is 0 Å². The fraction of sp³-hybridized carbons (Fsp3) is 0.474. The average Bonchev–Trinajstić information content (AvgIpc) is 2.09. The van der Waals surface area contributed by atoms with Crippen LogP contribution in [0.1, 0.15) is 145 Å². The molecule has 0 bridgehead atoms. The van der Waals surface area contributed by atoms with Crippen molar-refractivity contribution in [1.82, 2.24) is 29.8 Å². The van der Waals surface area contributed by atoms with E-state index in [1.807, 2.05) is 47.1 Å². The number of carbonyl (C=O) groups excluding carboxylic acids is 4. The molecule has 0 radical (unpaired) electrons. The second-order valence-electron chi connectivity index (χ2n) is 18.4. The predicted octanol–water partition coefficient (Wildman–Crippen LogP) is 18.0. The molecule has 0 unspecified atom stereocenters. The van der Waals surface area contributed by atoms with Crippen molar-refractivity contribution >= 4 is 240 Å². The van der Waals surface area contributed by atoms with Gasteiger partial charge in [-0.2, -0.15) is 21.7 Å². The number of unbranched alkanes of at least 4 members (excludes halogenated alkanes) is 1. The van der Waals surface area contributed by atoms with Gasteiger partial charge >= 0.3 is 76.3 Å². The Morgan fingerprint density at radius 2 is 1.17 bits per heavy atom. The monoisotopic (exact) mass is 1980 g/mol. The summed E-state index contributed by atoms with van der Waals surface area (Å²) in [6, 6.07) is 16.3. The molecule has 88 heavy (non-hydrogen) atoms. The first-order valence-electron chi connectivity index (χ1n) is 27.0. The van der Waals surface area contributed by atoms with Crippen LogP contribution in [-0.2, 0) is 85.7 Å². The topological polar surface area (TPSA) is 170 Å². The van der Waals surface area contributed by atoms with Crippen LogP contribution < -0.4 is 24.3 Å². The Morgan fingerprint density at radius 3 is 1.50 bits per heavy atom. The van der Waals surface area contributed by atoms with Crippen LogP contribution in [0.2, 0.25) is 0 Å². The fourth-order valence-corrected chi connectivity index (χ4v) is 13.4. The molecule has 0 atom stereocenters. The summed E-state index contributed by atoms with van der Waals surface area (Å²) in [4.78, 5) is 48.2. The largest absolute Gasteiger partial charge is 1.00 e.